The highest BCUT2D eigenvalue weighted by atomic mass is 15.3. The van der Waals surface area contributed by atoms with E-state index in [1.807, 2.05) is 11.0 Å². The second-order valence-electron chi connectivity index (χ2n) is 5.79. The lowest BCUT2D eigenvalue weighted by Crippen LogP contribution is -2.34. The standard InChI is InChI=1S/C17H22N4/c1-15(10-16-6-3-2-4-7-16)11-20-9-5-8-17(20)12-21-14-18-13-19-21/h2-4,6-7,10,13-14,17H,5,8-9,11-12H2,1H3/b15-10+. The second kappa shape index (κ2) is 6.68. The lowest BCUT2D eigenvalue weighted by Gasteiger charge is -2.24. The predicted molar refractivity (Wildman–Crippen MR) is 84.7 cm³/mol. The highest BCUT2D eigenvalue weighted by Gasteiger charge is 2.24. The fourth-order valence-electron chi connectivity index (χ4n) is 3.05. The third kappa shape index (κ3) is 3.79. The van der Waals surface area contributed by atoms with E-state index in [9.17, 15) is 0 Å². The Morgan fingerprint density at radius 1 is 1.33 bits per heavy atom. The molecule has 1 fully saturated rings. The summed E-state index contributed by atoms with van der Waals surface area (Å²) in [6, 6.07) is 11.1. The van der Waals surface area contributed by atoms with Crippen molar-refractivity contribution in [2.24, 2.45) is 0 Å². The predicted octanol–water partition coefficient (Wildman–Crippen LogP) is 2.85. The molecule has 0 spiro atoms. The van der Waals surface area contributed by atoms with Crippen molar-refractivity contribution in [3.63, 3.8) is 0 Å². The summed E-state index contributed by atoms with van der Waals surface area (Å²) >= 11 is 0. The number of hydrogen-bond acceptors (Lipinski definition) is 3. The third-order valence-corrected chi connectivity index (χ3v) is 4.03. The van der Waals surface area contributed by atoms with Crippen LogP contribution >= 0.6 is 0 Å². The van der Waals surface area contributed by atoms with Gasteiger partial charge >= 0.3 is 0 Å². The van der Waals surface area contributed by atoms with Crippen molar-refractivity contribution in [1.29, 1.82) is 0 Å². The zero-order valence-electron chi connectivity index (χ0n) is 12.5. The number of nitrogens with zero attached hydrogens (tertiary/aromatic N) is 4. The normalized spacial score (nSPS) is 20.0. The van der Waals surface area contributed by atoms with Crippen LogP contribution in [0.3, 0.4) is 0 Å². The molecular weight excluding hydrogens is 260 g/mol. The minimum atomic E-state index is 0.575. The van der Waals surface area contributed by atoms with Gasteiger partial charge in [0.1, 0.15) is 12.7 Å². The fourth-order valence-corrected chi connectivity index (χ4v) is 3.05. The fraction of sp³-hybridized carbons (Fsp3) is 0.412. The van der Waals surface area contributed by atoms with Crippen LogP contribution in [-0.2, 0) is 6.54 Å². The Kier molecular flexibility index (Phi) is 4.46. The zero-order valence-corrected chi connectivity index (χ0v) is 12.5. The number of hydrogen-bond donors (Lipinski definition) is 0. The van der Waals surface area contributed by atoms with Gasteiger partial charge in [-0.15, -0.1) is 0 Å². The van der Waals surface area contributed by atoms with Gasteiger partial charge in [-0.1, -0.05) is 42.0 Å². The van der Waals surface area contributed by atoms with Crippen LogP contribution in [0, 0.1) is 0 Å². The van der Waals surface area contributed by atoms with Crippen LogP contribution in [0.5, 0.6) is 0 Å². The van der Waals surface area contributed by atoms with Gasteiger partial charge in [-0.2, -0.15) is 5.10 Å². The molecule has 21 heavy (non-hydrogen) atoms. The van der Waals surface area contributed by atoms with Crippen molar-refractivity contribution >= 4 is 6.08 Å². The molecule has 1 aromatic heterocycles. The van der Waals surface area contributed by atoms with Gasteiger partial charge in [0.15, 0.2) is 0 Å². The molecule has 1 aliphatic heterocycles. The molecule has 4 heteroatoms. The number of likely N-dealkylation sites (tertiary alicyclic amines) is 1. The summed E-state index contributed by atoms with van der Waals surface area (Å²) in [6.07, 6.45) is 8.23. The minimum Gasteiger partial charge on any atom is -0.295 e. The van der Waals surface area contributed by atoms with E-state index in [2.05, 4.69) is 58.3 Å². The van der Waals surface area contributed by atoms with Crippen LogP contribution in [-0.4, -0.2) is 38.8 Å². The summed E-state index contributed by atoms with van der Waals surface area (Å²) < 4.78 is 1.94. The molecule has 110 valence electrons. The van der Waals surface area contributed by atoms with E-state index in [4.69, 9.17) is 0 Å². The van der Waals surface area contributed by atoms with Gasteiger partial charge in [-0.05, 0) is 31.9 Å². The van der Waals surface area contributed by atoms with Crippen LogP contribution < -0.4 is 0 Å². The molecule has 1 aromatic carbocycles. The smallest absolute Gasteiger partial charge is 0.137 e. The molecule has 4 nitrogen and oxygen atoms in total. The Balaban J connectivity index is 1.62. The largest absolute Gasteiger partial charge is 0.295 e. The van der Waals surface area contributed by atoms with Gasteiger partial charge in [0.05, 0.1) is 6.54 Å². The lowest BCUT2D eigenvalue weighted by molar-refractivity contribution is 0.245. The zero-order chi connectivity index (χ0) is 14.5. The first-order valence-electron chi connectivity index (χ1n) is 7.60. The van der Waals surface area contributed by atoms with Crippen molar-refractivity contribution in [1.82, 2.24) is 19.7 Å². The maximum Gasteiger partial charge on any atom is 0.137 e. The van der Waals surface area contributed by atoms with Crippen molar-refractivity contribution in [3.05, 3.63) is 54.1 Å². The molecule has 3 rings (SSSR count). The van der Waals surface area contributed by atoms with Crippen molar-refractivity contribution < 1.29 is 0 Å². The first-order chi connectivity index (χ1) is 10.3. The molecule has 0 amide bonds. The summed E-state index contributed by atoms with van der Waals surface area (Å²) in [4.78, 5) is 6.59. The maximum atomic E-state index is 4.23. The average molecular weight is 282 g/mol. The summed E-state index contributed by atoms with van der Waals surface area (Å²) in [5.74, 6) is 0. The lowest BCUT2D eigenvalue weighted by atomic mass is 10.1. The van der Waals surface area contributed by atoms with Gasteiger partial charge in [-0.25, -0.2) is 4.98 Å². The minimum absolute atomic E-state index is 0.575. The molecule has 0 saturated carbocycles. The van der Waals surface area contributed by atoms with Gasteiger partial charge in [-0.3, -0.25) is 9.58 Å². The Hall–Kier alpha value is -1.94. The molecule has 2 heterocycles. The molecular formula is C17H22N4. The molecule has 0 radical (unpaired) electrons. The SMILES string of the molecule is C/C(=C\c1ccccc1)CN1CCCC1Cn1cncn1. The number of rotatable bonds is 5. The van der Waals surface area contributed by atoms with Crippen molar-refractivity contribution in [2.75, 3.05) is 13.1 Å². The second-order valence-corrected chi connectivity index (χ2v) is 5.79. The number of aromatic nitrogens is 3. The average Bonchev–Trinajstić information content (AvgIpc) is 3.13. The molecule has 2 aromatic rings. The molecule has 1 aliphatic rings. The number of benzene rings is 1. The Morgan fingerprint density at radius 3 is 2.95 bits per heavy atom. The first-order valence-corrected chi connectivity index (χ1v) is 7.60. The van der Waals surface area contributed by atoms with Crippen LogP contribution in [0.25, 0.3) is 6.08 Å². The van der Waals surface area contributed by atoms with E-state index < -0.39 is 0 Å². The molecule has 1 unspecified atom stereocenters. The summed E-state index contributed by atoms with van der Waals surface area (Å²) in [5, 5.41) is 4.23. The van der Waals surface area contributed by atoms with Crippen molar-refractivity contribution in [3.8, 4) is 0 Å². The van der Waals surface area contributed by atoms with E-state index in [0.29, 0.717) is 6.04 Å². The molecule has 0 bridgehead atoms. The molecule has 0 N–H and O–H groups in total. The highest BCUT2D eigenvalue weighted by Crippen LogP contribution is 2.20. The van der Waals surface area contributed by atoms with Crippen molar-refractivity contribution in [2.45, 2.75) is 32.4 Å². The van der Waals surface area contributed by atoms with Gasteiger partial charge in [0, 0.05) is 12.6 Å². The van der Waals surface area contributed by atoms with Crippen LogP contribution in [0.1, 0.15) is 25.3 Å². The van der Waals surface area contributed by atoms with E-state index in [1.165, 1.54) is 30.5 Å². The summed E-state index contributed by atoms with van der Waals surface area (Å²) in [5.41, 5.74) is 2.69. The Morgan fingerprint density at radius 2 is 2.19 bits per heavy atom. The van der Waals surface area contributed by atoms with E-state index in [0.717, 1.165) is 13.1 Å². The first kappa shape index (κ1) is 14.0. The maximum absolute atomic E-state index is 4.23. The van der Waals surface area contributed by atoms with E-state index in [-0.39, 0.29) is 0 Å². The molecule has 1 atom stereocenters. The Labute approximate surface area is 126 Å². The van der Waals surface area contributed by atoms with Crippen LogP contribution in [0.2, 0.25) is 0 Å². The van der Waals surface area contributed by atoms with Crippen LogP contribution in [0.15, 0.2) is 48.6 Å². The van der Waals surface area contributed by atoms with E-state index >= 15 is 0 Å². The quantitative estimate of drug-likeness (QED) is 0.845. The Bertz CT molecular complexity index is 574. The topological polar surface area (TPSA) is 34.0 Å². The third-order valence-electron chi connectivity index (χ3n) is 4.03. The highest BCUT2D eigenvalue weighted by molar-refractivity contribution is 5.52. The summed E-state index contributed by atoms with van der Waals surface area (Å²) in [6.45, 7) is 5.38. The van der Waals surface area contributed by atoms with E-state index in [1.54, 1.807) is 6.33 Å². The van der Waals surface area contributed by atoms with Gasteiger partial charge in [0.25, 0.3) is 0 Å². The van der Waals surface area contributed by atoms with Crippen LogP contribution in [0.4, 0.5) is 0 Å². The summed E-state index contributed by atoms with van der Waals surface area (Å²) in [7, 11) is 0. The molecule has 0 aliphatic carbocycles. The monoisotopic (exact) mass is 282 g/mol. The van der Waals surface area contributed by atoms with Gasteiger partial charge < -0.3 is 0 Å². The molecule has 1 saturated heterocycles. The van der Waals surface area contributed by atoms with Gasteiger partial charge in [0.2, 0.25) is 0 Å².